The summed E-state index contributed by atoms with van der Waals surface area (Å²) in [5.41, 5.74) is -0.419. The first-order valence-electron chi connectivity index (χ1n) is 4.55. The van der Waals surface area contributed by atoms with Crippen LogP contribution in [0.25, 0.3) is 0 Å². The van der Waals surface area contributed by atoms with Crippen molar-refractivity contribution in [2.24, 2.45) is 0 Å². The Morgan fingerprint density at radius 1 is 1.41 bits per heavy atom. The Hall–Kier alpha value is -1.37. The maximum absolute atomic E-state index is 12.3. The molecule has 0 N–H and O–H groups in total. The summed E-state index contributed by atoms with van der Waals surface area (Å²) in [6.45, 7) is 2.87. The van der Waals surface area contributed by atoms with Crippen molar-refractivity contribution in [2.75, 3.05) is 6.61 Å². The maximum atomic E-state index is 12.3. The van der Waals surface area contributed by atoms with Gasteiger partial charge in [-0.1, -0.05) is 11.6 Å². The molecular formula is C9H8ClF3N2O2. The van der Waals surface area contributed by atoms with Gasteiger partial charge < -0.3 is 4.74 Å². The molecule has 0 aliphatic heterocycles. The molecule has 1 heterocycles. The number of aromatic nitrogens is 2. The van der Waals surface area contributed by atoms with E-state index in [9.17, 15) is 18.0 Å². The summed E-state index contributed by atoms with van der Waals surface area (Å²) in [5, 5.41) is -0.566. The van der Waals surface area contributed by atoms with E-state index < -0.39 is 23.1 Å². The highest BCUT2D eigenvalue weighted by atomic mass is 35.5. The SMILES string of the molecule is CCOC(=O)c1c(C)nc(C(F)(F)F)nc1Cl. The lowest BCUT2D eigenvalue weighted by Crippen LogP contribution is -2.16. The van der Waals surface area contributed by atoms with Crippen LogP contribution in [0.4, 0.5) is 13.2 Å². The van der Waals surface area contributed by atoms with Crippen molar-refractivity contribution < 1.29 is 22.7 Å². The van der Waals surface area contributed by atoms with Gasteiger partial charge in [0.2, 0.25) is 5.82 Å². The van der Waals surface area contributed by atoms with Gasteiger partial charge in [0.1, 0.15) is 10.7 Å². The van der Waals surface area contributed by atoms with E-state index >= 15 is 0 Å². The summed E-state index contributed by atoms with van der Waals surface area (Å²) in [7, 11) is 0. The van der Waals surface area contributed by atoms with Gasteiger partial charge in [0.05, 0.1) is 12.3 Å². The van der Waals surface area contributed by atoms with Gasteiger partial charge in [-0.05, 0) is 13.8 Å². The van der Waals surface area contributed by atoms with Crippen LogP contribution >= 0.6 is 11.6 Å². The molecule has 4 nitrogen and oxygen atoms in total. The Labute approximate surface area is 99.8 Å². The van der Waals surface area contributed by atoms with Gasteiger partial charge >= 0.3 is 12.1 Å². The van der Waals surface area contributed by atoms with Gasteiger partial charge in [-0.2, -0.15) is 13.2 Å². The molecule has 1 aromatic heterocycles. The third kappa shape index (κ3) is 3.06. The van der Waals surface area contributed by atoms with Crippen molar-refractivity contribution in [2.45, 2.75) is 20.0 Å². The van der Waals surface area contributed by atoms with Crippen LogP contribution in [0.5, 0.6) is 0 Å². The number of hydrogen-bond donors (Lipinski definition) is 0. The number of nitrogens with zero attached hydrogens (tertiary/aromatic N) is 2. The maximum Gasteiger partial charge on any atom is 0.451 e. The van der Waals surface area contributed by atoms with Gasteiger partial charge in [-0.25, -0.2) is 14.8 Å². The molecule has 0 amide bonds. The predicted molar refractivity (Wildman–Crippen MR) is 52.7 cm³/mol. The molecule has 94 valence electrons. The predicted octanol–water partition coefficient (Wildman–Crippen LogP) is 2.63. The average molecular weight is 269 g/mol. The number of carbonyl (C=O) groups excluding carboxylic acids is 1. The van der Waals surface area contributed by atoms with Gasteiger partial charge in [0.15, 0.2) is 0 Å². The minimum absolute atomic E-state index is 0.0790. The number of esters is 1. The van der Waals surface area contributed by atoms with E-state index in [4.69, 9.17) is 11.6 Å². The van der Waals surface area contributed by atoms with Crippen LogP contribution in [0.3, 0.4) is 0 Å². The molecule has 17 heavy (non-hydrogen) atoms. The van der Waals surface area contributed by atoms with Gasteiger partial charge in [0.25, 0.3) is 0 Å². The number of ether oxygens (including phenoxy) is 1. The van der Waals surface area contributed by atoms with Crippen molar-refractivity contribution in [3.8, 4) is 0 Å². The molecule has 8 heteroatoms. The zero-order chi connectivity index (χ0) is 13.2. The molecular weight excluding hydrogens is 261 g/mol. The van der Waals surface area contributed by atoms with Crippen LogP contribution in [0.15, 0.2) is 0 Å². The van der Waals surface area contributed by atoms with Crippen molar-refractivity contribution in [3.63, 3.8) is 0 Å². The fourth-order valence-electron chi connectivity index (χ4n) is 1.10. The van der Waals surface area contributed by atoms with Crippen molar-refractivity contribution in [3.05, 3.63) is 22.2 Å². The largest absolute Gasteiger partial charge is 0.462 e. The zero-order valence-electron chi connectivity index (χ0n) is 8.93. The topological polar surface area (TPSA) is 52.1 Å². The Balaban J connectivity index is 3.25. The summed E-state index contributed by atoms with van der Waals surface area (Å²) in [5.74, 6) is -2.23. The summed E-state index contributed by atoms with van der Waals surface area (Å²) < 4.78 is 41.6. The highest BCUT2D eigenvalue weighted by molar-refractivity contribution is 6.32. The van der Waals surface area contributed by atoms with Crippen LogP contribution in [-0.4, -0.2) is 22.5 Å². The molecule has 0 atom stereocenters. The standard InChI is InChI=1S/C9H8ClF3N2O2/c1-3-17-7(16)5-4(2)14-8(9(11,12)13)15-6(5)10/h3H2,1-2H3. The number of carbonyl (C=O) groups is 1. The lowest BCUT2D eigenvalue weighted by atomic mass is 10.2. The van der Waals surface area contributed by atoms with Gasteiger partial charge in [-0.15, -0.1) is 0 Å². The van der Waals surface area contributed by atoms with Crippen LogP contribution in [0.1, 0.15) is 28.8 Å². The van der Waals surface area contributed by atoms with E-state index in [0.717, 1.165) is 0 Å². The van der Waals surface area contributed by atoms with E-state index in [1.807, 2.05) is 0 Å². The Morgan fingerprint density at radius 2 is 2.00 bits per heavy atom. The second kappa shape index (κ2) is 4.87. The normalized spacial score (nSPS) is 11.4. The highest BCUT2D eigenvalue weighted by Crippen LogP contribution is 2.29. The summed E-state index contributed by atoms with van der Waals surface area (Å²) in [6, 6.07) is 0. The molecule has 0 fully saturated rings. The smallest absolute Gasteiger partial charge is 0.451 e. The Bertz CT molecular complexity index is 425. The monoisotopic (exact) mass is 268 g/mol. The minimum atomic E-state index is -4.71. The lowest BCUT2D eigenvalue weighted by Gasteiger charge is -2.10. The summed E-state index contributed by atoms with van der Waals surface area (Å²) in [4.78, 5) is 17.6. The number of halogens is 4. The second-order valence-corrected chi connectivity index (χ2v) is 3.37. The Morgan fingerprint density at radius 3 is 2.41 bits per heavy atom. The molecule has 1 rings (SSSR count). The third-order valence-corrected chi connectivity index (χ3v) is 2.05. The fourth-order valence-corrected chi connectivity index (χ4v) is 1.39. The molecule has 0 radical (unpaired) electrons. The summed E-state index contributed by atoms with van der Waals surface area (Å²) in [6.07, 6.45) is -4.71. The van der Waals surface area contributed by atoms with Gasteiger partial charge in [0, 0.05) is 0 Å². The zero-order valence-corrected chi connectivity index (χ0v) is 9.69. The van der Waals surface area contributed by atoms with Gasteiger partial charge in [-0.3, -0.25) is 0 Å². The highest BCUT2D eigenvalue weighted by Gasteiger charge is 2.36. The second-order valence-electron chi connectivity index (χ2n) is 3.02. The molecule has 0 aliphatic rings. The van der Waals surface area contributed by atoms with E-state index in [1.165, 1.54) is 6.92 Å². The van der Waals surface area contributed by atoms with Crippen LogP contribution < -0.4 is 0 Å². The molecule has 0 aromatic carbocycles. The van der Waals surface area contributed by atoms with E-state index in [2.05, 4.69) is 14.7 Å². The van der Waals surface area contributed by atoms with Crippen LogP contribution in [-0.2, 0) is 10.9 Å². The molecule has 0 saturated heterocycles. The molecule has 0 bridgehead atoms. The summed E-state index contributed by atoms with van der Waals surface area (Å²) >= 11 is 5.52. The fraction of sp³-hybridized carbons (Fsp3) is 0.444. The molecule has 0 aliphatic carbocycles. The van der Waals surface area contributed by atoms with Crippen molar-refractivity contribution >= 4 is 17.6 Å². The van der Waals surface area contributed by atoms with E-state index in [-0.39, 0.29) is 17.9 Å². The van der Waals surface area contributed by atoms with Crippen LogP contribution in [0, 0.1) is 6.92 Å². The third-order valence-electron chi connectivity index (χ3n) is 1.78. The first kappa shape index (κ1) is 13.7. The average Bonchev–Trinajstić information content (AvgIpc) is 2.15. The lowest BCUT2D eigenvalue weighted by molar-refractivity contribution is -0.145. The molecule has 0 spiro atoms. The quantitative estimate of drug-likeness (QED) is 0.611. The van der Waals surface area contributed by atoms with Crippen molar-refractivity contribution in [1.29, 1.82) is 0 Å². The van der Waals surface area contributed by atoms with Crippen molar-refractivity contribution in [1.82, 2.24) is 9.97 Å². The number of aryl methyl sites for hydroxylation is 1. The first-order chi connectivity index (χ1) is 7.77. The first-order valence-corrected chi connectivity index (χ1v) is 4.93. The molecule has 0 saturated carbocycles. The van der Waals surface area contributed by atoms with E-state index in [0.29, 0.717) is 0 Å². The Kier molecular flexibility index (Phi) is 3.92. The number of alkyl halides is 3. The molecule has 0 unspecified atom stereocenters. The number of rotatable bonds is 2. The minimum Gasteiger partial charge on any atom is -0.462 e. The number of hydrogen-bond acceptors (Lipinski definition) is 4. The molecule has 1 aromatic rings. The van der Waals surface area contributed by atoms with E-state index in [1.54, 1.807) is 6.92 Å². The van der Waals surface area contributed by atoms with Crippen LogP contribution in [0.2, 0.25) is 5.15 Å².